The third-order valence-electron chi connectivity index (χ3n) is 4.35. The van der Waals surface area contributed by atoms with Crippen LogP contribution in [0, 0.1) is 5.92 Å². The molecule has 0 aliphatic carbocycles. The fourth-order valence-electron chi connectivity index (χ4n) is 2.46. The average Bonchev–Trinajstić information content (AvgIpc) is 2.59. The number of amides is 1. The van der Waals surface area contributed by atoms with Crippen LogP contribution in [0.2, 0.25) is 0 Å². The summed E-state index contributed by atoms with van der Waals surface area (Å²) in [7, 11) is -3.56. The minimum absolute atomic E-state index is 0.0173. The minimum atomic E-state index is -3.56. The Morgan fingerprint density at radius 1 is 1.00 bits per heavy atom. The maximum Gasteiger partial charge on any atom is 0.253 e. The Morgan fingerprint density at radius 2 is 1.58 bits per heavy atom. The highest BCUT2D eigenvalue weighted by atomic mass is 32.2. The molecular formula is C20H26N2O3S. The summed E-state index contributed by atoms with van der Waals surface area (Å²) in [5.74, 6) is 0.00459. The maximum absolute atomic E-state index is 12.7. The third kappa shape index (κ3) is 5.08. The van der Waals surface area contributed by atoms with Crippen molar-refractivity contribution in [2.75, 3.05) is 10.6 Å². The molecule has 6 heteroatoms. The van der Waals surface area contributed by atoms with Gasteiger partial charge >= 0.3 is 0 Å². The van der Waals surface area contributed by atoms with Crippen molar-refractivity contribution in [2.24, 2.45) is 5.92 Å². The summed E-state index contributed by atoms with van der Waals surface area (Å²) in [5.41, 5.74) is 1.58. The quantitative estimate of drug-likeness (QED) is 0.807. The van der Waals surface area contributed by atoms with Gasteiger partial charge in [-0.15, -0.1) is 0 Å². The number of nitrogens with zero attached hydrogens (tertiary/aromatic N) is 1. The van der Waals surface area contributed by atoms with E-state index in [1.54, 1.807) is 24.3 Å². The molecule has 0 fully saturated rings. The van der Waals surface area contributed by atoms with Gasteiger partial charge in [0.15, 0.2) is 0 Å². The van der Waals surface area contributed by atoms with Crippen molar-refractivity contribution < 1.29 is 13.2 Å². The van der Waals surface area contributed by atoms with Crippen molar-refractivity contribution in [2.45, 2.75) is 33.4 Å². The summed E-state index contributed by atoms with van der Waals surface area (Å²) in [5, 5.41) is 2.95. The molecule has 26 heavy (non-hydrogen) atoms. The largest absolute Gasteiger partial charge is 0.349 e. The predicted molar refractivity (Wildman–Crippen MR) is 106 cm³/mol. The SMILES string of the molecule is CC(C)[C@@H](C)NC(=O)c1ccccc1N(Cc1ccccc1)S(C)(=O)=O. The second-order valence-electron chi connectivity index (χ2n) is 6.78. The Kier molecular flexibility index (Phi) is 6.42. The van der Waals surface area contributed by atoms with Crippen molar-refractivity contribution in [1.82, 2.24) is 5.32 Å². The van der Waals surface area contributed by atoms with E-state index in [9.17, 15) is 13.2 Å². The Bertz CT molecular complexity index is 848. The second kappa shape index (κ2) is 8.36. The standard InChI is InChI=1S/C20H26N2O3S/c1-15(2)16(3)21-20(23)18-12-8-9-13-19(18)22(26(4,24)25)14-17-10-6-5-7-11-17/h5-13,15-16H,14H2,1-4H3,(H,21,23)/t16-/m1/s1. The van der Waals surface area contributed by atoms with Crippen LogP contribution in [-0.2, 0) is 16.6 Å². The molecule has 2 rings (SSSR count). The van der Waals surface area contributed by atoms with Crippen LogP contribution in [-0.4, -0.2) is 26.6 Å². The second-order valence-corrected chi connectivity index (χ2v) is 8.69. The molecule has 1 N–H and O–H groups in total. The summed E-state index contributed by atoms with van der Waals surface area (Å²) in [4.78, 5) is 12.7. The van der Waals surface area contributed by atoms with Crippen LogP contribution in [0.15, 0.2) is 54.6 Å². The predicted octanol–water partition coefficient (Wildman–Crippen LogP) is 3.43. The van der Waals surface area contributed by atoms with Gasteiger partial charge in [0.2, 0.25) is 10.0 Å². The minimum Gasteiger partial charge on any atom is -0.349 e. The fourth-order valence-corrected chi connectivity index (χ4v) is 3.36. The molecule has 2 aromatic carbocycles. The lowest BCUT2D eigenvalue weighted by molar-refractivity contribution is 0.0931. The van der Waals surface area contributed by atoms with Gasteiger partial charge in [0.25, 0.3) is 5.91 Å². The summed E-state index contributed by atoms with van der Waals surface area (Å²) in [6.07, 6.45) is 1.15. The zero-order chi connectivity index (χ0) is 19.3. The lowest BCUT2D eigenvalue weighted by Crippen LogP contribution is -2.38. The van der Waals surface area contributed by atoms with E-state index in [1.165, 1.54) is 4.31 Å². The van der Waals surface area contributed by atoms with Crippen molar-refractivity contribution >= 4 is 21.6 Å². The molecule has 0 aromatic heterocycles. The molecule has 0 heterocycles. The van der Waals surface area contributed by atoms with E-state index in [4.69, 9.17) is 0 Å². The number of anilines is 1. The van der Waals surface area contributed by atoms with Gasteiger partial charge in [-0.25, -0.2) is 8.42 Å². The van der Waals surface area contributed by atoms with Gasteiger partial charge < -0.3 is 5.32 Å². The topological polar surface area (TPSA) is 66.5 Å². The highest BCUT2D eigenvalue weighted by molar-refractivity contribution is 7.92. The van der Waals surface area contributed by atoms with Gasteiger partial charge in [-0.05, 0) is 30.5 Å². The number of rotatable bonds is 7. The maximum atomic E-state index is 12.7. The number of para-hydroxylation sites is 1. The smallest absolute Gasteiger partial charge is 0.253 e. The average molecular weight is 375 g/mol. The number of sulfonamides is 1. The number of carbonyl (C=O) groups excluding carboxylic acids is 1. The Labute approximate surface area is 156 Å². The lowest BCUT2D eigenvalue weighted by atomic mass is 10.1. The van der Waals surface area contributed by atoms with Gasteiger partial charge in [-0.1, -0.05) is 56.3 Å². The Morgan fingerprint density at radius 3 is 2.15 bits per heavy atom. The zero-order valence-corrected chi connectivity index (χ0v) is 16.5. The number of benzene rings is 2. The van der Waals surface area contributed by atoms with Crippen LogP contribution in [0.3, 0.4) is 0 Å². The van der Waals surface area contributed by atoms with Crippen LogP contribution in [0.4, 0.5) is 5.69 Å². The van der Waals surface area contributed by atoms with E-state index >= 15 is 0 Å². The van der Waals surface area contributed by atoms with E-state index < -0.39 is 10.0 Å². The molecule has 0 aliphatic heterocycles. The molecular weight excluding hydrogens is 348 g/mol. The molecule has 2 aromatic rings. The normalized spacial score (nSPS) is 12.7. The zero-order valence-electron chi connectivity index (χ0n) is 15.6. The van der Waals surface area contributed by atoms with Gasteiger partial charge in [-0.2, -0.15) is 0 Å². The van der Waals surface area contributed by atoms with E-state index in [1.807, 2.05) is 51.1 Å². The molecule has 140 valence electrons. The molecule has 0 bridgehead atoms. The number of hydrogen-bond acceptors (Lipinski definition) is 3. The van der Waals surface area contributed by atoms with E-state index in [-0.39, 0.29) is 24.4 Å². The first-order valence-electron chi connectivity index (χ1n) is 8.61. The molecule has 0 spiro atoms. The van der Waals surface area contributed by atoms with E-state index in [2.05, 4.69) is 5.32 Å². The van der Waals surface area contributed by atoms with E-state index in [0.29, 0.717) is 11.3 Å². The van der Waals surface area contributed by atoms with Crippen LogP contribution < -0.4 is 9.62 Å². The first-order chi connectivity index (χ1) is 12.2. The van der Waals surface area contributed by atoms with Crippen molar-refractivity contribution in [3.63, 3.8) is 0 Å². The molecule has 0 aliphatic rings. The van der Waals surface area contributed by atoms with Gasteiger partial charge in [0.1, 0.15) is 0 Å². The fraction of sp³-hybridized carbons (Fsp3) is 0.350. The molecule has 0 saturated heterocycles. The Balaban J connectivity index is 2.42. The van der Waals surface area contributed by atoms with Crippen LogP contribution in [0.1, 0.15) is 36.7 Å². The van der Waals surface area contributed by atoms with Crippen molar-refractivity contribution in [3.05, 3.63) is 65.7 Å². The molecule has 0 unspecified atom stereocenters. The first-order valence-corrected chi connectivity index (χ1v) is 10.5. The lowest BCUT2D eigenvalue weighted by Gasteiger charge is -2.25. The summed E-state index contributed by atoms with van der Waals surface area (Å²) in [6.45, 7) is 6.15. The van der Waals surface area contributed by atoms with Crippen LogP contribution >= 0.6 is 0 Å². The molecule has 1 atom stereocenters. The van der Waals surface area contributed by atoms with E-state index in [0.717, 1.165) is 11.8 Å². The van der Waals surface area contributed by atoms with Crippen molar-refractivity contribution in [3.8, 4) is 0 Å². The van der Waals surface area contributed by atoms with Crippen molar-refractivity contribution in [1.29, 1.82) is 0 Å². The van der Waals surface area contributed by atoms with Gasteiger partial charge in [0.05, 0.1) is 24.1 Å². The highest BCUT2D eigenvalue weighted by Gasteiger charge is 2.24. The summed E-state index contributed by atoms with van der Waals surface area (Å²) < 4.78 is 26.1. The third-order valence-corrected chi connectivity index (χ3v) is 5.47. The highest BCUT2D eigenvalue weighted by Crippen LogP contribution is 2.25. The monoisotopic (exact) mass is 374 g/mol. The molecule has 0 radical (unpaired) electrons. The molecule has 5 nitrogen and oxygen atoms in total. The number of hydrogen-bond donors (Lipinski definition) is 1. The number of carbonyl (C=O) groups is 1. The summed E-state index contributed by atoms with van der Waals surface area (Å²) >= 11 is 0. The Hall–Kier alpha value is -2.34. The first kappa shape index (κ1) is 20.0. The van der Waals surface area contributed by atoms with Crippen LogP contribution in [0.25, 0.3) is 0 Å². The van der Waals surface area contributed by atoms with Crippen LogP contribution in [0.5, 0.6) is 0 Å². The summed E-state index contributed by atoms with van der Waals surface area (Å²) in [6, 6.07) is 16.1. The molecule has 0 saturated carbocycles. The molecule has 1 amide bonds. The van der Waals surface area contributed by atoms with Gasteiger partial charge in [-0.3, -0.25) is 9.10 Å². The van der Waals surface area contributed by atoms with Gasteiger partial charge in [0, 0.05) is 6.04 Å². The number of nitrogens with one attached hydrogen (secondary N) is 1.